The molecule has 1 N–H and O–H groups in total. The van der Waals surface area contributed by atoms with E-state index >= 15 is 0 Å². The molecule has 1 aromatic carbocycles. The number of hydrogen-bond acceptors (Lipinski definition) is 4. The minimum Gasteiger partial charge on any atom is -0.327 e. The maximum absolute atomic E-state index is 12.4. The highest BCUT2D eigenvalue weighted by Gasteiger charge is 2.16. The predicted molar refractivity (Wildman–Crippen MR) is 121 cm³/mol. The van der Waals surface area contributed by atoms with Gasteiger partial charge in [0.25, 0.3) is 5.91 Å². The van der Waals surface area contributed by atoms with Crippen molar-refractivity contribution < 1.29 is 4.79 Å². The smallest absolute Gasteiger partial charge is 0.265 e. The highest BCUT2D eigenvalue weighted by atomic mass is 32.1. The molecule has 3 heterocycles. The average Bonchev–Trinajstić information content (AvgIpc) is 3.29. The Kier molecular flexibility index (Phi) is 6.62. The van der Waals surface area contributed by atoms with Gasteiger partial charge < -0.3 is 9.88 Å². The van der Waals surface area contributed by atoms with Crippen LogP contribution in [0.2, 0.25) is 0 Å². The van der Waals surface area contributed by atoms with Gasteiger partial charge >= 0.3 is 0 Å². The number of aryl methyl sites for hydroxylation is 1. The second-order valence-corrected chi connectivity index (χ2v) is 8.81. The van der Waals surface area contributed by atoms with E-state index in [1.54, 1.807) is 0 Å². The number of imidazole rings is 1. The Balaban J connectivity index is 1.59. The second kappa shape index (κ2) is 9.55. The molecular formula is C23H30N4OS. The summed E-state index contributed by atoms with van der Waals surface area (Å²) in [6.45, 7) is 6.47. The van der Waals surface area contributed by atoms with E-state index in [0.717, 1.165) is 53.4 Å². The van der Waals surface area contributed by atoms with E-state index in [1.165, 1.54) is 50.1 Å². The Morgan fingerprint density at radius 2 is 2.00 bits per heavy atom. The summed E-state index contributed by atoms with van der Waals surface area (Å²) in [7, 11) is 0. The standard InChI is InChI=1S/C23H30N4OS/c1-2-3-14-27-20-11-10-18(24-23(28)21-9-8-15-29-21)16-19(20)25-22(27)17-26-12-6-4-5-7-13-26/h8-11,15-16H,2-7,12-14,17H2,1H3,(H,24,28). The zero-order valence-electron chi connectivity index (χ0n) is 17.2. The van der Waals surface area contributed by atoms with Gasteiger partial charge in [-0.2, -0.15) is 0 Å². The van der Waals surface area contributed by atoms with Gasteiger partial charge in [0.2, 0.25) is 0 Å². The number of amides is 1. The molecule has 1 aliphatic heterocycles. The maximum atomic E-state index is 12.4. The van der Waals surface area contributed by atoms with Crippen molar-refractivity contribution >= 4 is 34.0 Å². The van der Waals surface area contributed by atoms with Gasteiger partial charge in [-0.1, -0.05) is 32.3 Å². The number of carbonyl (C=O) groups is 1. The summed E-state index contributed by atoms with van der Waals surface area (Å²) in [5.74, 6) is 1.09. The van der Waals surface area contributed by atoms with E-state index in [9.17, 15) is 4.79 Å². The fraction of sp³-hybridized carbons (Fsp3) is 0.478. The van der Waals surface area contributed by atoms with Gasteiger partial charge in [0.15, 0.2) is 0 Å². The molecule has 1 saturated heterocycles. The Hall–Kier alpha value is -2.18. The van der Waals surface area contributed by atoms with Crippen molar-refractivity contribution in [2.75, 3.05) is 18.4 Å². The third kappa shape index (κ3) is 4.87. The highest BCUT2D eigenvalue weighted by molar-refractivity contribution is 7.12. The number of benzene rings is 1. The number of unbranched alkanes of at least 4 members (excludes halogenated alkanes) is 1. The molecule has 0 unspecified atom stereocenters. The summed E-state index contributed by atoms with van der Waals surface area (Å²) in [6.07, 6.45) is 7.57. The van der Waals surface area contributed by atoms with Crippen molar-refractivity contribution in [2.45, 2.75) is 58.5 Å². The number of hydrogen-bond donors (Lipinski definition) is 1. The van der Waals surface area contributed by atoms with Gasteiger partial charge in [0, 0.05) is 12.2 Å². The third-order valence-electron chi connectivity index (χ3n) is 5.63. The molecule has 5 nitrogen and oxygen atoms in total. The van der Waals surface area contributed by atoms with Gasteiger partial charge in [-0.05, 0) is 62.0 Å². The number of carbonyl (C=O) groups excluding carboxylic acids is 1. The van der Waals surface area contributed by atoms with E-state index in [2.05, 4.69) is 27.8 Å². The van der Waals surface area contributed by atoms with Crippen LogP contribution in [0.15, 0.2) is 35.7 Å². The summed E-state index contributed by atoms with van der Waals surface area (Å²) in [5.41, 5.74) is 2.93. The first-order valence-corrected chi connectivity index (χ1v) is 11.7. The lowest BCUT2D eigenvalue weighted by atomic mass is 10.2. The number of nitrogens with one attached hydrogen (secondary N) is 1. The van der Waals surface area contributed by atoms with Crippen LogP contribution in [0.25, 0.3) is 11.0 Å². The zero-order valence-corrected chi connectivity index (χ0v) is 18.0. The lowest BCUT2D eigenvalue weighted by Gasteiger charge is -2.20. The van der Waals surface area contributed by atoms with Crippen LogP contribution in [0.4, 0.5) is 5.69 Å². The number of anilines is 1. The summed E-state index contributed by atoms with van der Waals surface area (Å²) in [5, 5.41) is 4.93. The van der Waals surface area contributed by atoms with Crippen LogP contribution < -0.4 is 5.32 Å². The SMILES string of the molecule is CCCCn1c(CN2CCCCCC2)nc2cc(NC(=O)c3cccs3)ccc21. The first-order chi connectivity index (χ1) is 14.2. The number of nitrogens with zero attached hydrogens (tertiary/aromatic N) is 3. The molecule has 3 aromatic rings. The molecule has 1 fully saturated rings. The number of aromatic nitrogens is 2. The van der Waals surface area contributed by atoms with Gasteiger partial charge in [-0.15, -0.1) is 11.3 Å². The van der Waals surface area contributed by atoms with Crippen LogP contribution in [0.3, 0.4) is 0 Å². The molecule has 0 aliphatic carbocycles. The van der Waals surface area contributed by atoms with E-state index < -0.39 is 0 Å². The molecular weight excluding hydrogens is 380 g/mol. The summed E-state index contributed by atoms with van der Waals surface area (Å²) in [6, 6.07) is 9.85. The molecule has 2 aromatic heterocycles. The molecule has 0 saturated carbocycles. The van der Waals surface area contributed by atoms with Gasteiger partial charge in [-0.25, -0.2) is 4.98 Å². The number of likely N-dealkylation sites (tertiary alicyclic amines) is 1. The van der Waals surface area contributed by atoms with E-state index in [-0.39, 0.29) is 5.91 Å². The first kappa shape index (κ1) is 20.1. The van der Waals surface area contributed by atoms with Crippen molar-refractivity contribution in [1.82, 2.24) is 14.5 Å². The summed E-state index contributed by atoms with van der Waals surface area (Å²) < 4.78 is 2.38. The highest BCUT2D eigenvalue weighted by Crippen LogP contribution is 2.24. The second-order valence-electron chi connectivity index (χ2n) is 7.86. The minimum atomic E-state index is -0.0606. The number of rotatable bonds is 7. The Morgan fingerprint density at radius 1 is 1.17 bits per heavy atom. The van der Waals surface area contributed by atoms with Crippen molar-refractivity contribution in [3.8, 4) is 0 Å². The summed E-state index contributed by atoms with van der Waals surface area (Å²) >= 11 is 1.45. The largest absolute Gasteiger partial charge is 0.327 e. The normalized spacial score (nSPS) is 15.5. The van der Waals surface area contributed by atoms with Crippen LogP contribution >= 0.6 is 11.3 Å². The zero-order chi connectivity index (χ0) is 20.1. The first-order valence-electron chi connectivity index (χ1n) is 10.8. The molecule has 0 bridgehead atoms. The summed E-state index contributed by atoms with van der Waals surface area (Å²) in [4.78, 5) is 20.7. The van der Waals surface area contributed by atoms with Gasteiger partial charge in [0.1, 0.15) is 5.82 Å². The molecule has 1 aliphatic rings. The van der Waals surface area contributed by atoms with Crippen LogP contribution in [0.5, 0.6) is 0 Å². The van der Waals surface area contributed by atoms with Gasteiger partial charge in [-0.3, -0.25) is 9.69 Å². The molecule has 4 rings (SSSR count). The molecule has 0 atom stereocenters. The molecule has 6 heteroatoms. The van der Waals surface area contributed by atoms with E-state index in [1.807, 2.05) is 29.6 Å². The van der Waals surface area contributed by atoms with E-state index in [4.69, 9.17) is 4.98 Å². The van der Waals surface area contributed by atoms with Crippen LogP contribution in [0.1, 0.15) is 60.9 Å². The van der Waals surface area contributed by atoms with E-state index in [0.29, 0.717) is 0 Å². The predicted octanol–water partition coefficient (Wildman–Crippen LogP) is 5.53. The lowest BCUT2D eigenvalue weighted by Crippen LogP contribution is -2.26. The molecule has 0 radical (unpaired) electrons. The van der Waals surface area contributed by atoms with Crippen molar-refractivity contribution in [1.29, 1.82) is 0 Å². The fourth-order valence-electron chi connectivity index (χ4n) is 4.04. The van der Waals surface area contributed by atoms with Crippen LogP contribution in [-0.2, 0) is 13.1 Å². The minimum absolute atomic E-state index is 0.0606. The molecule has 0 spiro atoms. The molecule has 154 valence electrons. The Labute approximate surface area is 176 Å². The fourth-order valence-corrected chi connectivity index (χ4v) is 4.66. The topological polar surface area (TPSA) is 50.2 Å². The third-order valence-corrected chi connectivity index (χ3v) is 6.50. The lowest BCUT2D eigenvalue weighted by molar-refractivity contribution is 0.103. The Morgan fingerprint density at radius 3 is 2.72 bits per heavy atom. The van der Waals surface area contributed by atoms with Crippen LogP contribution in [0, 0.1) is 0 Å². The quantitative estimate of drug-likeness (QED) is 0.557. The van der Waals surface area contributed by atoms with Gasteiger partial charge in [0.05, 0.1) is 22.5 Å². The maximum Gasteiger partial charge on any atom is 0.265 e. The monoisotopic (exact) mass is 410 g/mol. The number of fused-ring (bicyclic) bond motifs is 1. The van der Waals surface area contributed by atoms with Crippen molar-refractivity contribution in [3.05, 3.63) is 46.4 Å². The molecule has 1 amide bonds. The Bertz CT molecular complexity index is 939. The number of thiophene rings is 1. The average molecular weight is 411 g/mol. The van der Waals surface area contributed by atoms with Crippen molar-refractivity contribution in [2.24, 2.45) is 0 Å². The molecule has 29 heavy (non-hydrogen) atoms. The van der Waals surface area contributed by atoms with Crippen molar-refractivity contribution in [3.63, 3.8) is 0 Å². The van der Waals surface area contributed by atoms with Crippen LogP contribution in [-0.4, -0.2) is 33.4 Å².